The van der Waals surface area contributed by atoms with Crippen molar-refractivity contribution < 1.29 is 27.5 Å². The molecule has 0 bridgehead atoms. The molecule has 0 amide bonds. The largest absolute Gasteiger partial charge is 0.465 e. The minimum absolute atomic E-state index is 0.0191. The van der Waals surface area contributed by atoms with E-state index < -0.39 is 21.8 Å². The van der Waals surface area contributed by atoms with Gasteiger partial charge in [-0.1, -0.05) is 13.0 Å². The van der Waals surface area contributed by atoms with Gasteiger partial charge in [-0.05, 0) is 49.1 Å². The number of hydrogen-bond acceptors (Lipinski definition) is 8. The van der Waals surface area contributed by atoms with Crippen molar-refractivity contribution in [1.82, 2.24) is 0 Å². The number of methoxy groups -OCH3 is 2. The van der Waals surface area contributed by atoms with Crippen LogP contribution in [0.1, 0.15) is 19.8 Å². The van der Waals surface area contributed by atoms with Gasteiger partial charge in [-0.25, -0.2) is 18.0 Å². The van der Waals surface area contributed by atoms with Gasteiger partial charge >= 0.3 is 11.9 Å². The maximum atomic E-state index is 12.7. The zero-order valence-corrected chi connectivity index (χ0v) is 19.5. The second-order valence-electron chi connectivity index (χ2n) is 7.93. The van der Waals surface area contributed by atoms with Crippen molar-refractivity contribution in [3.63, 3.8) is 0 Å². The zero-order chi connectivity index (χ0) is 23.5. The van der Waals surface area contributed by atoms with Gasteiger partial charge in [0.2, 0.25) is 0 Å². The Morgan fingerprint density at radius 2 is 1.81 bits per heavy atom. The molecule has 1 saturated heterocycles. The molecule has 1 aromatic carbocycles. The standard InChI is InChI=1S/C23H28N2O6S/c1-16-8-7-12-24(15-16)19-14-17(10-11-20(19)32(4,28)29)25-13-6-5-9-18(22(26)30-2)21(25)23(27)31-3/h5-6,9-11,13-14,16H,7-8,12,15H2,1-4H3. The van der Waals surface area contributed by atoms with E-state index in [1.165, 1.54) is 37.5 Å². The number of anilines is 2. The predicted octanol–water partition coefficient (Wildman–Crippen LogP) is 2.82. The first-order chi connectivity index (χ1) is 15.2. The van der Waals surface area contributed by atoms with Gasteiger partial charge in [0.15, 0.2) is 9.84 Å². The van der Waals surface area contributed by atoms with E-state index >= 15 is 0 Å². The number of nitrogens with zero attached hydrogens (tertiary/aromatic N) is 2. The molecule has 2 aliphatic heterocycles. The summed E-state index contributed by atoms with van der Waals surface area (Å²) in [6.45, 7) is 3.61. The Labute approximate surface area is 188 Å². The summed E-state index contributed by atoms with van der Waals surface area (Å²) in [5.41, 5.74) is 1.11. The van der Waals surface area contributed by atoms with Crippen LogP contribution >= 0.6 is 0 Å². The van der Waals surface area contributed by atoms with E-state index in [1.54, 1.807) is 30.5 Å². The third kappa shape index (κ3) is 4.88. The molecule has 172 valence electrons. The molecule has 0 radical (unpaired) electrons. The quantitative estimate of drug-likeness (QED) is 0.620. The van der Waals surface area contributed by atoms with Crippen molar-refractivity contribution >= 4 is 33.2 Å². The molecule has 1 fully saturated rings. The fourth-order valence-electron chi connectivity index (χ4n) is 3.99. The van der Waals surface area contributed by atoms with Crippen LogP contribution in [0.2, 0.25) is 0 Å². The van der Waals surface area contributed by atoms with Gasteiger partial charge in [0, 0.05) is 31.2 Å². The molecule has 2 heterocycles. The fourth-order valence-corrected chi connectivity index (χ4v) is 4.87. The third-order valence-corrected chi connectivity index (χ3v) is 6.65. The van der Waals surface area contributed by atoms with Gasteiger partial charge in [0.1, 0.15) is 5.70 Å². The summed E-state index contributed by atoms with van der Waals surface area (Å²) >= 11 is 0. The highest BCUT2D eigenvalue weighted by molar-refractivity contribution is 7.90. The topological polar surface area (TPSA) is 93.2 Å². The number of sulfone groups is 1. The van der Waals surface area contributed by atoms with Crippen LogP contribution in [-0.4, -0.2) is 53.9 Å². The smallest absolute Gasteiger partial charge is 0.355 e. The number of allylic oxidation sites excluding steroid dienone is 2. The fraction of sp³-hybridized carbons (Fsp3) is 0.391. The number of carbonyl (C=O) groups excluding carboxylic acids is 2. The lowest BCUT2D eigenvalue weighted by Crippen LogP contribution is -2.35. The number of rotatable bonds is 5. The van der Waals surface area contributed by atoms with Crippen molar-refractivity contribution in [1.29, 1.82) is 0 Å². The molecule has 9 heteroatoms. The molecular formula is C23H28N2O6S. The molecule has 0 N–H and O–H groups in total. The highest BCUT2D eigenvalue weighted by Gasteiger charge is 2.29. The van der Waals surface area contributed by atoms with Gasteiger partial charge in [0.05, 0.1) is 30.4 Å². The van der Waals surface area contributed by atoms with E-state index in [2.05, 4.69) is 11.8 Å². The van der Waals surface area contributed by atoms with Gasteiger partial charge in [-0.3, -0.25) is 0 Å². The highest BCUT2D eigenvalue weighted by atomic mass is 32.2. The van der Waals surface area contributed by atoms with E-state index in [4.69, 9.17) is 9.47 Å². The molecule has 1 atom stereocenters. The lowest BCUT2D eigenvalue weighted by Gasteiger charge is -2.34. The molecule has 0 aromatic heterocycles. The van der Waals surface area contributed by atoms with Crippen LogP contribution in [0.25, 0.3) is 0 Å². The summed E-state index contributed by atoms with van der Waals surface area (Å²) in [6, 6.07) is 4.89. The van der Waals surface area contributed by atoms with E-state index in [1.807, 2.05) is 0 Å². The van der Waals surface area contributed by atoms with Crippen LogP contribution in [0.5, 0.6) is 0 Å². The minimum atomic E-state index is -3.49. The first-order valence-electron chi connectivity index (χ1n) is 10.3. The van der Waals surface area contributed by atoms with Crippen molar-refractivity contribution in [3.8, 4) is 0 Å². The average Bonchev–Trinajstić information content (AvgIpc) is 3.00. The van der Waals surface area contributed by atoms with Crippen LogP contribution in [0.15, 0.2) is 58.8 Å². The zero-order valence-electron chi connectivity index (χ0n) is 18.7. The number of benzene rings is 1. The Morgan fingerprint density at radius 3 is 2.44 bits per heavy atom. The monoisotopic (exact) mass is 460 g/mol. The van der Waals surface area contributed by atoms with Crippen molar-refractivity contribution in [2.24, 2.45) is 5.92 Å². The molecule has 3 rings (SSSR count). The van der Waals surface area contributed by atoms with E-state index in [0.29, 0.717) is 17.3 Å². The van der Waals surface area contributed by atoms with E-state index in [-0.39, 0.29) is 16.2 Å². The summed E-state index contributed by atoms with van der Waals surface area (Å²) in [7, 11) is -1.02. The molecule has 0 spiro atoms. The lowest BCUT2D eigenvalue weighted by atomic mass is 9.99. The van der Waals surface area contributed by atoms with Gasteiger partial charge in [-0.15, -0.1) is 0 Å². The maximum absolute atomic E-state index is 12.7. The van der Waals surface area contributed by atoms with Crippen LogP contribution in [0.3, 0.4) is 0 Å². The predicted molar refractivity (Wildman–Crippen MR) is 122 cm³/mol. The summed E-state index contributed by atoms with van der Waals surface area (Å²) < 4.78 is 34.8. The molecular weight excluding hydrogens is 432 g/mol. The number of esters is 2. The summed E-state index contributed by atoms with van der Waals surface area (Å²) in [5.74, 6) is -0.978. The highest BCUT2D eigenvalue weighted by Crippen LogP contribution is 2.35. The summed E-state index contributed by atoms with van der Waals surface area (Å²) in [4.78, 5) is 28.9. The summed E-state index contributed by atoms with van der Waals surface area (Å²) in [5, 5.41) is 0. The van der Waals surface area contributed by atoms with Crippen molar-refractivity contribution in [2.45, 2.75) is 24.7 Å². The Kier molecular flexibility index (Phi) is 7.08. The average molecular weight is 461 g/mol. The van der Waals surface area contributed by atoms with Crippen molar-refractivity contribution in [3.05, 3.63) is 53.9 Å². The van der Waals surface area contributed by atoms with Gasteiger partial charge in [0.25, 0.3) is 0 Å². The number of carbonyl (C=O) groups is 2. The Bertz CT molecular complexity index is 1100. The van der Waals surface area contributed by atoms with Crippen molar-refractivity contribution in [2.75, 3.05) is 43.4 Å². The number of piperidine rings is 1. The first-order valence-corrected chi connectivity index (χ1v) is 12.2. The molecule has 0 saturated carbocycles. The van der Waals surface area contributed by atoms with Gasteiger partial charge in [-0.2, -0.15) is 0 Å². The molecule has 0 aliphatic carbocycles. The third-order valence-electron chi connectivity index (χ3n) is 5.51. The van der Waals surface area contributed by atoms with E-state index in [9.17, 15) is 18.0 Å². The minimum Gasteiger partial charge on any atom is -0.465 e. The molecule has 2 aliphatic rings. The first kappa shape index (κ1) is 23.6. The second kappa shape index (κ2) is 9.60. The second-order valence-corrected chi connectivity index (χ2v) is 9.92. The molecule has 32 heavy (non-hydrogen) atoms. The molecule has 1 aromatic rings. The van der Waals surface area contributed by atoms with Crippen LogP contribution in [0.4, 0.5) is 11.4 Å². The Hall–Kier alpha value is -3.07. The SMILES string of the molecule is COC(=O)C1=C(C(=O)OC)N(c2ccc(S(C)(=O)=O)c(N3CCCC(C)C3)c2)C=CC=C1. The Balaban J connectivity index is 2.20. The molecule has 1 unspecified atom stereocenters. The lowest BCUT2D eigenvalue weighted by molar-refractivity contribution is -0.139. The Morgan fingerprint density at radius 1 is 1.09 bits per heavy atom. The normalized spacial score (nSPS) is 19.1. The van der Waals surface area contributed by atoms with Crippen LogP contribution in [-0.2, 0) is 28.9 Å². The summed E-state index contributed by atoms with van der Waals surface area (Å²) in [6.07, 6.45) is 9.62. The maximum Gasteiger partial charge on any atom is 0.355 e. The molecule has 8 nitrogen and oxygen atoms in total. The van der Waals surface area contributed by atoms with Crippen LogP contribution in [0, 0.1) is 5.92 Å². The number of hydrogen-bond donors (Lipinski definition) is 0. The van der Waals surface area contributed by atoms with Gasteiger partial charge < -0.3 is 19.3 Å². The number of ether oxygens (including phenoxy) is 2. The van der Waals surface area contributed by atoms with E-state index in [0.717, 1.165) is 25.9 Å². The van der Waals surface area contributed by atoms with Crippen LogP contribution < -0.4 is 9.80 Å².